The molecule has 0 aliphatic rings. The third kappa shape index (κ3) is 3.21. The molecule has 0 atom stereocenters. The number of aromatic nitrogens is 1. The highest BCUT2D eigenvalue weighted by atomic mass is 16.4. The van der Waals surface area contributed by atoms with Gasteiger partial charge in [-0.3, -0.25) is 9.78 Å². The van der Waals surface area contributed by atoms with Crippen molar-refractivity contribution in [1.29, 1.82) is 0 Å². The molecule has 0 saturated heterocycles. The van der Waals surface area contributed by atoms with E-state index in [2.05, 4.69) is 10.3 Å². The number of nitrogens with one attached hydrogen (secondary N) is 1. The van der Waals surface area contributed by atoms with Crippen LogP contribution in [0.25, 0.3) is 21.9 Å². The number of hydrogen-bond donors (Lipinski definition) is 1. The van der Waals surface area contributed by atoms with Crippen molar-refractivity contribution in [1.82, 2.24) is 10.3 Å². The minimum absolute atomic E-state index is 0.0302. The number of aryl methyl sites for hydroxylation is 2. The van der Waals surface area contributed by atoms with E-state index < -0.39 is 5.63 Å². The van der Waals surface area contributed by atoms with Gasteiger partial charge in [0.15, 0.2) is 0 Å². The molecule has 0 spiro atoms. The predicted molar refractivity (Wildman–Crippen MR) is 102 cm³/mol. The van der Waals surface area contributed by atoms with Crippen molar-refractivity contribution in [3.05, 3.63) is 75.6 Å². The lowest BCUT2D eigenvalue weighted by Crippen LogP contribution is -2.27. The number of furan rings is 1. The summed E-state index contributed by atoms with van der Waals surface area (Å²) in [5, 5.41) is 4.60. The van der Waals surface area contributed by atoms with Gasteiger partial charge in [0.05, 0.1) is 18.2 Å². The molecule has 6 heteroatoms. The fraction of sp³-hybridized carbons (Fsp3) is 0.190. The molecular weight excluding hydrogens is 344 g/mol. The van der Waals surface area contributed by atoms with Crippen LogP contribution in [-0.2, 0) is 17.8 Å². The quantitative estimate of drug-likeness (QED) is 0.562. The van der Waals surface area contributed by atoms with Gasteiger partial charge < -0.3 is 14.2 Å². The first-order valence-corrected chi connectivity index (χ1v) is 8.62. The minimum atomic E-state index is -0.498. The second-order valence-corrected chi connectivity index (χ2v) is 6.57. The summed E-state index contributed by atoms with van der Waals surface area (Å²) in [6, 6.07) is 7.32. The number of pyridine rings is 1. The van der Waals surface area contributed by atoms with Gasteiger partial charge in [-0.25, -0.2) is 4.79 Å². The standard InChI is InChI=1S/C21H18N2O4/c1-12-11-26-18-9-19-16(7-15(12)18)13(2)17(21(25)27-19)8-20(24)23-10-14-3-5-22-6-4-14/h3-7,9,11H,8,10H2,1-2H3,(H,23,24). The highest BCUT2D eigenvalue weighted by molar-refractivity contribution is 5.96. The monoisotopic (exact) mass is 362 g/mol. The van der Waals surface area contributed by atoms with Crippen molar-refractivity contribution >= 4 is 27.8 Å². The number of carbonyl (C=O) groups excluding carboxylic acids is 1. The lowest BCUT2D eigenvalue weighted by molar-refractivity contribution is -0.120. The van der Waals surface area contributed by atoms with Gasteiger partial charge >= 0.3 is 5.63 Å². The molecule has 136 valence electrons. The fourth-order valence-electron chi connectivity index (χ4n) is 3.17. The van der Waals surface area contributed by atoms with Gasteiger partial charge in [-0.15, -0.1) is 0 Å². The van der Waals surface area contributed by atoms with E-state index in [0.29, 0.717) is 23.3 Å². The Morgan fingerprint density at radius 1 is 1.11 bits per heavy atom. The zero-order valence-corrected chi connectivity index (χ0v) is 15.0. The van der Waals surface area contributed by atoms with Crippen molar-refractivity contribution in [2.75, 3.05) is 0 Å². The number of benzene rings is 1. The zero-order valence-electron chi connectivity index (χ0n) is 15.0. The summed E-state index contributed by atoms with van der Waals surface area (Å²) in [5.74, 6) is -0.234. The molecule has 0 saturated carbocycles. The molecule has 0 bridgehead atoms. The van der Waals surface area contributed by atoms with Crippen LogP contribution in [-0.4, -0.2) is 10.9 Å². The maximum atomic E-state index is 12.4. The van der Waals surface area contributed by atoms with Crippen LogP contribution in [0, 0.1) is 13.8 Å². The van der Waals surface area contributed by atoms with E-state index in [4.69, 9.17) is 8.83 Å². The molecule has 27 heavy (non-hydrogen) atoms. The summed E-state index contributed by atoms with van der Waals surface area (Å²) in [7, 11) is 0. The zero-order chi connectivity index (χ0) is 19.0. The van der Waals surface area contributed by atoms with Gasteiger partial charge in [0.25, 0.3) is 0 Å². The van der Waals surface area contributed by atoms with E-state index in [1.807, 2.05) is 32.0 Å². The number of rotatable bonds is 4. The summed E-state index contributed by atoms with van der Waals surface area (Å²) >= 11 is 0. The van der Waals surface area contributed by atoms with Crippen molar-refractivity contribution in [3.63, 3.8) is 0 Å². The number of hydrogen-bond acceptors (Lipinski definition) is 5. The maximum absolute atomic E-state index is 12.4. The second-order valence-electron chi connectivity index (χ2n) is 6.57. The predicted octanol–water partition coefficient (Wildman–Crippen LogP) is 3.41. The van der Waals surface area contributed by atoms with E-state index in [1.165, 1.54) is 0 Å². The van der Waals surface area contributed by atoms with Gasteiger partial charge in [-0.05, 0) is 48.7 Å². The summed E-state index contributed by atoms with van der Waals surface area (Å²) in [5.41, 5.74) is 3.71. The van der Waals surface area contributed by atoms with Gasteiger partial charge in [-0.1, -0.05) is 0 Å². The molecule has 6 nitrogen and oxygen atoms in total. The Bertz CT molecular complexity index is 1210. The van der Waals surface area contributed by atoms with Gasteiger partial charge in [0.2, 0.25) is 5.91 Å². The maximum Gasteiger partial charge on any atom is 0.340 e. The van der Waals surface area contributed by atoms with E-state index in [-0.39, 0.29) is 12.3 Å². The molecule has 0 unspecified atom stereocenters. The molecule has 0 radical (unpaired) electrons. The molecule has 4 aromatic rings. The van der Waals surface area contributed by atoms with Crippen LogP contribution >= 0.6 is 0 Å². The molecule has 0 aliphatic carbocycles. The Kier molecular flexibility index (Phi) is 4.24. The van der Waals surface area contributed by atoms with Gasteiger partial charge in [0, 0.05) is 35.8 Å². The largest absolute Gasteiger partial charge is 0.464 e. The molecule has 3 heterocycles. The highest BCUT2D eigenvalue weighted by Gasteiger charge is 2.16. The number of carbonyl (C=O) groups is 1. The highest BCUT2D eigenvalue weighted by Crippen LogP contribution is 2.28. The Labute approximate surface area is 154 Å². The van der Waals surface area contributed by atoms with Crippen molar-refractivity contribution < 1.29 is 13.6 Å². The molecule has 0 fully saturated rings. The molecule has 1 N–H and O–H groups in total. The van der Waals surface area contributed by atoms with E-state index in [0.717, 1.165) is 27.5 Å². The Morgan fingerprint density at radius 3 is 2.67 bits per heavy atom. The second kappa shape index (κ2) is 6.72. The van der Waals surface area contributed by atoms with Crippen molar-refractivity contribution in [2.24, 2.45) is 0 Å². The van der Waals surface area contributed by atoms with Gasteiger partial charge in [-0.2, -0.15) is 0 Å². The van der Waals surface area contributed by atoms with Crippen LogP contribution in [0.1, 0.15) is 22.3 Å². The average molecular weight is 362 g/mol. The lowest BCUT2D eigenvalue weighted by Gasteiger charge is -2.09. The first-order chi connectivity index (χ1) is 13.0. The van der Waals surface area contributed by atoms with Crippen molar-refractivity contribution in [2.45, 2.75) is 26.8 Å². The minimum Gasteiger partial charge on any atom is -0.464 e. The lowest BCUT2D eigenvalue weighted by atomic mass is 10.0. The summed E-state index contributed by atoms with van der Waals surface area (Å²) in [4.78, 5) is 28.7. The fourth-order valence-corrected chi connectivity index (χ4v) is 3.17. The summed E-state index contributed by atoms with van der Waals surface area (Å²) < 4.78 is 10.9. The molecule has 3 aromatic heterocycles. The van der Waals surface area contributed by atoms with Gasteiger partial charge in [0.1, 0.15) is 11.2 Å². The third-order valence-electron chi connectivity index (χ3n) is 4.75. The SMILES string of the molecule is Cc1coc2cc3oc(=O)c(CC(=O)NCc4ccncc4)c(C)c3cc12. The first-order valence-electron chi connectivity index (χ1n) is 8.62. The number of nitrogens with zero attached hydrogens (tertiary/aromatic N) is 1. The van der Waals surface area contributed by atoms with Crippen LogP contribution < -0.4 is 10.9 Å². The van der Waals surface area contributed by atoms with Crippen LogP contribution in [0.3, 0.4) is 0 Å². The Hall–Kier alpha value is -3.41. The van der Waals surface area contributed by atoms with E-state index in [1.54, 1.807) is 24.7 Å². The number of fused-ring (bicyclic) bond motifs is 2. The van der Waals surface area contributed by atoms with Crippen LogP contribution in [0.4, 0.5) is 0 Å². The Morgan fingerprint density at radius 2 is 1.89 bits per heavy atom. The van der Waals surface area contributed by atoms with Crippen molar-refractivity contribution in [3.8, 4) is 0 Å². The topological polar surface area (TPSA) is 85.3 Å². The summed E-state index contributed by atoms with van der Waals surface area (Å²) in [6.07, 6.45) is 4.98. The molecule has 4 rings (SSSR count). The third-order valence-corrected chi connectivity index (χ3v) is 4.75. The number of amides is 1. The van der Waals surface area contributed by atoms with Crippen LogP contribution in [0.5, 0.6) is 0 Å². The molecule has 1 aromatic carbocycles. The molecular formula is C21H18N2O4. The smallest absolute Gasteiger partial charge is 0.340 e. The summed E-state index contributed by atoms with van der Waals surface area (Å²) in [6.45, 7) is 4.18. The molecule has 0 aliphatic heterocycles. The average Bonchev–Trinajstić information content (AvgIpc) is 3.03. The molecule has 1 amide bonds. The normalized spacial score (nSPS) is 11.2. The first kappa shape index (κ1) is 17.0. The van der Waals surface area contributed by atoms with Crippen LogP contribution in [0.2, 0.25) is 0 Å². The van der Waals surface area contributed by atoms with E-state index >= 15 is 0 Å². The Balaban J connectivity index is 1.64. The van der Waals surface area contributed by atoms with E-state index in [9.17, 15) is 9.59 Å². The van der Waals surface area contributed by atoms with Crippen LogP contribution in [0.15, 0.2) is 56.6 Å².